The van der Waals surface area contributed by atoms with Crippen molar-refractivity contribution in [2.45, 2.75) is 31.2 Å². The first-order valence-corrected chi connectivity index (χ1v) is 13.6. The van der Waals surface area contributed by atoms with Gasteiger partial charge in [-0.1, -0.05) is 42.0 Å². The Kier molecular flexibility index (Phi) is 7.52. The number of carbonyl (C=O) groups is 1. The number of benzene rings is 2. The molecule has 0 saturated heterocycles. The van der Waals surface area contributed by atoms with Gasteiger partial charge in [-0.2, -0.15) is 4.31 Å². The van der Waals surface area contributed by atoms with Gasteiger partial charge < -0.3 is 9.64 Å². The zero-order chi connectivity index (χ0) is 24.3. The zero-order valence-corrected chi connectivity index (χ0v) is 21.4. The zero-order valence-electron chi connectivity index (χ0n) is 19.7. The molecular weight excluding hydrogens is 468 g/mol. The van der Waals surface area contributed by atoms with Crippen LogP contribution in [0.4, 0.5) is 0 Å². The number of aryl methyl sites for hydroxylation is 2. The first-order chi connectivity index (χ1) is 16.3. The summed E-state index contributed by atoms with van der Waals surface area (Å²) in [6.45, 7) is 4.57. The summed E-state index contributed by atoms with van der Waals surface area (Å²) in [5.74, 6) is -0.211. The lowest BCUT2D eigenvalue weighted by Crippen LogP contribution is -2.47. The summed E-state index contributed by atoms with van der Waals surface area (Å²) in [6, 6.07) is 16.6. The molecule has 3 aromatic rings. The number of fused-ring (bicyclic) bond motifs is 1. The van der Waals surface area contributed by atoms with Crippen molar-refractivity contribution in [2.75, 3.05) is 33.4 Å². The summed E-state index contributed by atoms with van der Waals surface area (Å²) in [5, 5.41) is 2.07. The Morgan fingerprint density at radius 3 is 2.53 bits per heavy atom. The molecule has 34 heavy (non-hydrogen) atoms. The van der Waals surface area contributed by atoms with Crippen molar-refractivity contribution in [3.8, 4) is 0 Å². The Hall–Kier alpha value is -2.52. The van der Waals surface area contributed by atoms with Gasteiger partial charge in [0.2, 0.25) is 15.9 Å². The van der Waals surface area contributed by atoms with E-state index in [-0.39, 0.29) is 36.5 Å². The topological polar surface area (TPSA) is 66.9 Å². The number of sulfonamides is 1. The quantitative estimate of drug-likeness (QED) is 0.467. The van der Waals surface area contributed by atoms with Crippen molar-refractivity contribution in [3.63, 3.8) is 0 Å². The fraction of sp³-hybridized carbons (Fsp3) is 0.346. The smallest absolute Gasteiger partial charge is 0.243 e. The molecular formula is C26H30N2O4S2. The Morgan fingerprint density at radius 2 is 1.82 bits per heavy atom. The summed E-state index contributed by atoms with van der Waals surface area (Å²) in [4.78, 5) is 17.0. The van der Waals surface area contributed by atoms with Crippen LogP contribution in [-0.2, 0) is 26.0 Å². The fourth-order valence-corrected chi connectivity index (χ4v) is 6.67. The van der Waals surface area contributed by atoms with E-state index in [1.807, 2.05) is 36.9 Å². The van der Waals surface area contributed by atoms with Crippen molar-refractivity contribution in [3.05, 3.63) is 87.1 Å². The molecule has 0 spiro atoms. The molecule has 0 bridgehead atoms. The van der Waals surface area contributed by atoms with Crippen molar-refractivity contribution in [2.24, 2.45) is 0 Å². The van der Waals surface area contributed by atoms with E-state index in [4.69, 9.17) is 4.74 Å². The lowest BCUT2D eigenvalue weighted by atomic mass is 9.90. The third-order valence-electron chi connectivity index (χ3n) is 6.28. The summed E-state index contributed by atoms with van der Waals surface area (Å²) in [7, 11) is -2.33. The standard InChI is InChI=1S/C26H30N2O4S2/c1-19-8-10-21(11-9-19)34(30,31)27(15-16-32-3)18-25(29)28-14-12-24-23(13-17-33-24)26(28)22-7-5-4-6-20(22)2/h4-11,13,17,26H,12,14-16,18H2,1-3H3. The van der Waals surface area contributed by atoms with Crippen LogP contribution in [0, 0.1) is 13.8 Å². The monoisotopic (exact) mass is 498 g/mol. The van der Waals surface area contributed by atoms with Crippen LogP contribution in [-0.4, -0.2) is 56.9 Å². The average Bonchev–Trinajstić information content (AvgIpc) is 3.30. The van der Waals surface area contributed by atoms with Gasteiger partial charge in [-0.3, -0.25) is 4.79 Å². The second-order valence-corrected chi connectivity index (χ2v) is 11.5. The van der Waals surface area contributed by atoms with Gasteiger partial charge in [0.05, 0.1) is 24.1 Å². The largest absolute Gasteiger partial charge is 0.383 e. The van der Waals surface area contributed by atoms with Crippen LogP contribution < -0.4 is 0 Å². The van der Waals surface area contributed by atoms with Gasteiger partial charge in [0.25, 0.3) is 0 Å². The molecule has 1 aliphatic heterocycles. The number of carbonyl (C=O) groups excluding carboxylic acids is 1. The van der Waals surface area contributed by atoms with Gasteiger partial charge >= 0.3 is 0 Å². The summed E-state index contributed by atoms with van der Waals surface area (Å²) >= 11 is 1.71. The van der Waals surface area contributed by atoms with E-state index in [9.17, 15) is 13.2 Å². The first kappa shape index (κ1) is 24.6. The Bertz CT molecular complexity index is 1250. The lowest BCUT2D eigenvalue weighted by molar-refractivity contribution is -0.133. The molecule has 180 valence electrons. The second-order valence-electron chi connectivity index (χ2n) is 8.54. The molecule has 1 amide bonds. The molecule has 4 rings (SSSR count). The first-order valence-electron chi connectivity index (χ1n) is 11.3. The van der Waals surface area contributed by atoms with Gasteiger partial charge in [0.1, 0.15) is 0 Å². The van der Waals surface area contributed by atoms with Crippen molar-refractivity contribution in [1.82, 2.24) is 9.21 Å². The second kappa shape index (κ2) is 10.4. The molecule has 8 heteroatoms. The molecule has 1 atom stereocenters. The maximum atomic E-state index is 13.7. The molecule has 0 N–H and O–H groups in total. The van der Waals surface area contributed by atoms with Crippen LogP contribution in [0.1, 0.15) is 33.2 Å². The summed E-state index contributed by atoms with van der Waals surface area (Å²) in [6.07, 6.45) is 0.768. The van der Waals surface area contributed by atoms with E-state index in [1.54, 1.807) is 35.6 Å². The van der Waals surface area contributed by atoms with E-state index in [2.05, 4.69) is 17.5 Å². The third kappa shape index (κ3) is 4.95. The van der Waals surface area contributed by atoms with Crippen LogP contribution in [0.25, 0.3) is 0 Å². The van der Waals surface area contributed by atoms with Crippen LogP contribution in [0.3, 0.4) is 0 Å². The Balaban J connectivity index is 1.66. The number of hydrogen-bond acceptors (Lipinski definition) is 5. The van der Waals surface area contributed by atoms with Crippen LogP contribution >= 0.6 is 11.3 Å². The molecule has 6 nitrogen and oxygen atoms in total. The van der Waals surface area contributed by atoms with Crippen LogP contribution in [0.2, 0.25) is 0 Å². The minimum atomic E-state index is -3.86. The van der Waals surface area contributed by atoms with Gasteiger partial charge in [-0.05, 0) is 60.5 Å². The molecule has 1 aliphatic rings. The highest BCUT2D eigenvalue weighted by Gasteiger charge is 2.36. The molecule has 2 heterocycles. The molecule has 0 fully saturated rings. The number of rotatable bonds is 8. The van der Waals surface area contributed by atoms with E-state index < -0.39 is 10.0 Å². The summed E-state index contributed by atoms with van der Waals surface area (Å²) < 4.78 is 33.3. The van der Waals surface area contributed by atoms with Gasteiger partial charge in [0.15, 0.2) is 0 Å². The maximum absolute atomic E-state index is 13.7. The molecule has 2 aromatic carbocycles. The van der Waals surface area contributed by atoms with Crippen molar-refractivity contribution in [1.29, 1.82) is 0 Å². The highest BCUT2D eigenvalue weighted by molar-refractivity contribution is 7.89. The van der Waals surface area contributed by atoms with E-state index in [0.717, 1.165) is 28.7 Å². The van der Waals surface area contributed by atoms with Crippen molar-refractivity contribution >= 4 is 27.3 Å². The van der Waals surface area contributed by atoms with E-state index in [0.29, 0.717) is 6.54 Å². The Morgan fingerprint density at radius 1 is 1.09 bits per heavy atom. The molecule has 1 unspecified atom stereocenters. The lowest BCUT2D eigenvalue weighted by Gasteiger charge is -2.38. The number of hydrogen-bond donors (Lipinski definition) is 0. The number of thiophene rings is 1. The summed E-state index contributed by atoms with van der Waals surface area (Å²) in [5.41, 5.74) is 4.27. The van der Waals surface area contributed by atoms with Gasteiger partial charge in [0, 0.05) is 25.1 Å². The number of ether oxygens (including phenoxy) is 1. The van der Waals surface area contributed by atoms with Gasteiger partial charge in [-0.15, -0.1) is 11.3 Å². The van der Waals surface area contributed by atoms with Crippen LogP contribution in [0.5, 0.6) is 0 Å². The third-order valence-corrected chi connectivity index (χ3v) is 9.14. The highest BCUT2D eigenvalue weighted by atomic mass is 32.2. The fourth-order valence-electron chi connectivity index (χ4n) is 4.39. The predicted molar refractivity (Wildman–Crippen MR) is 135 cm³/mol. The minimum Gasteiger partial charge on any atom is -0.383 e. The maximum Gasteiger partial charge on any atom is 0.243 e. The normalized spacial score (nSPS) is 16.0. The van der Waals surface area contributed by atoms with Gasteiger partial charge in [-0.25, -0.2) is 8.42 Å². The molecule has 0 saturated carbocycles. The molecule has 0 aliphatic carbocycles. The predicted octanol–water partition coefficient (Wildman–Crippen LogP) is 4.18. The highest BCUT2D eigenvalue weighted by Crippen LogP contribution is 2.39. The van der Waals surface area contributed by atoms with Crippen LogP contribution in [0.15, 0.2) is 64.9 Å². The average molecular weight is 499 g/mol. The number of amides is 1. The minimum absolute atomic E-state index is 0.102. The number of methoxy groups -OCH3 is 1. The van der Waals surface area contributed by atoms with E-state index >= 15 is 0 Å². The van der Waals surface area contributed by atoms with Crippen molar-refractivity contribution < 1.29 is 17.9 Å². The number of nitrogens with zero attached hydrogens (tertiary/aromatic N) is 2. The van der Waals surface area contributed by atoms with E-state index in [1.165, 1.54) is 16.3 Å². The Labute approximate surface area is 205 Å². The molecule has 0 radical (unpaired) electrons. The molecule has 1 aromatic heterocycles. The SMILES string of the molecule is COCCN(CC(=O)N1CCc2sccc2C1c1ccccc1C)S(=O)(=O)c1ccc(C)cc1.